The SMILES string of the molecule is CO/C=C/c1cc(C)ccc1C#N. The zero-order valence-corrected chi connectivity index (χ0v) is 7.74. The maximum Gasteiger partial charge on any atom is 0.0997 e. The van der Waals surface area contributed by atoms with Crippen molar-refractivity contribution in [1.29, 1.82) is 5.26 Å². The van der Waals surface area contributed by atoms with Crippen LogP contribution in [0.4, 0.5) is 0 Å². The fraction of sp³-hybridized carbons (Fsp3) is 0.182. The summed E-state index contributed by atoms with van der Waals surface area (Å²) < 4.78 is 4.80. The molecule has 0 aliphatic carbocycles. The summed E-state index contributed by atoms with van der Waals surface area (Å²) in [6, 6.07) is 7.81. The second kappa shape index (κ2) is 4.32. The first-order valence-corrected chi connectivity index (χ1v) is 3.98. The van der Waals surface area contributed by atoms with Gasteiger partial charge in [-0.1, -0.05) is 17.7 Å². The van der Waals surface area contributed by atoms with Gasteiger partial charge >= 0.3 is 0 Å². The lowest BCUT2D eigenvalue weighted by atomic mass is 10.1. The van der Waals surface area contributed by atoms with Crippen LogP contribution in [0.3, 0.4) is 0 Å². The number of methoxy groups -OCH3 is 1. The zero-order valence-electron chi connectivity index (χ0n) is 7.74. The average molecular weight is 173 g/mol. The van der Waals surface area contributed by atoms with Gasteiger partial charge in [-0.05, 0) is 24.6 Å². The van der Waals surface area contributed by atoms with Crippen LogP contribution in [0.2, 0.25) is 0 Å². The largest absolute Gasteiger partial charge is 0.504 e. The Kier molecular flexibility index (Phi) is 3.10. The first-order valence-electron chi connectivity index (χ1n) is 3.98. The predicted molar refractivity (Wildman–Crippen MR) is 51.9 cm³/mol. The summed E-state index contributed by atoms with van der Waals surface area (Å²) in [5, 5.41) is 8.78. The van der Waals surface area contributed by atoms with E-state index in [1.54, 1.807) is 19.4 Å². The van der Waals surface area contributed by atoms with Crippen molar-refractivity contribution >= 4 is 6.08 Å². The van der Waals surface area contributed by atoms with Gasteiger partial charge < -0.3 is 4.74 Å². The Morgan fingerprint density at radius 3 is 2.85 bits per heavy atom. The van der Waals surface area contributed by atoms with E-state index < -0.39 is 0 Å². The van der Waals surface area contributed by atoms with E-state index in [9.17, 15) is 0 Å². The van der Waals surface area contributed by atoms with Gasteiger partial charge in [0.25, 0.3) is 0 Å². The summed E-state index contributed by atoms with van der Waals surface area (Å²) in [6.45, 7) is 1.99. The van der Waals surface area contributed by atoms with Crippen LogP contribution >= 0.6 is 0 Å². The molecule has 0 N–H and O–H groups in total. The molecule has 13 heavy (non-hydrogen) atoms. The predicted octanol–water partition coefficient (Wildman–Crippen LogP) is 2.48. The van der Waals surface area contributed by atoms with E-state index in [2.05, 4.69) is 6.07 Å². The Bertz CT molecular complexity index is 361. The van der Waals surface area contributed by atoms with Crippen LogP contribution < -0.4 is 0 Å². The maximum absolute atomic E-state index is 8.78. The Balaban J connectivity index is 3.10. The van der Waals surface area contributed by atoms with E-state index in [0.717, 1.165) is 11.1 Å². The molecule has 0 aliphatic heterocycles. The van der Waals surface area contributed by atoms with Crippen molar-refractivity contribution < 1.29 is 4.74 Å². The highest BCUT2D eigenvalue weighted by Gasteiger charge is 1.97. The normalized spacial score (nSPS) is 9.92. The van der Waals surface area contributed by atoms with Gasteiger partial charge in [0.2, 0.25) is 0 Å². The molecule has 0 fully saturated rings. The molecule has 2 heteroatoms. The third-order valence-corrected chi connectivity index (χ3v) is 1.71. The van der Waals surface area contributed by atoms with Crippen LogP contribution in [0.1, 0.15) is 16.7 Å². The first kappa shape index (κ1) is 9.34. The minimum atomic E-state index is 0.666. The van der Waals surface area contributed by atoms with Crippen molar-refractivity contribution in [1.82, 2.24) is 0 Å². The van der Waals surface area contributed by atoms with E-state index in [1.165, 1.54) is 0 Å². The lowest BCUT2D eigenvalue weighted by Crippen LogP contribution is -1.83. The summed E-state index contributed by atoms with van der Waals surface area (Å²) >= 11 is 0. The Morgan fingerprint density at radius 2 is 2.23 bits per heavy atom. The van der Waals surface area contributed by atoms with Crippen LogP contribution in [0.25, 0.3) is 6.08 Å². The van der Waals surface area contributed by atoms with Crippen molar-refractivity contribution in [2.75, 3.05) is 7.11 Å². The van der Waals surface area contributed by atoms with Gasteiger partial charge in [0.05, 0.1) is 25.0 Å². The van der Waals surface area contributed by atoms with Crippen LogP contribution in [0.15, 0.2) is 24.5 Å². The van der Waals surface area contributed by atoms with Crippen LogP contribution in [0, 0.1) is 18.3 Å². The highest BCUT2D eigenvalue weighted by molar-refractivity contribution is 5.58. The van der Waals surface area contributed by atoms with Crippen molar-refractivity contribution in [3.05, 3.63) is 41.2 Å². The van der Waals surface area contributed by atoms with Crippen molar-refractivity contribution in [3.63, 3.8) is 0 Å². The lowest BCUT2D eigenvalue weighted by molar-refractivity contribution is 0.341. The fourth-order valence-corrected chi connectivity index (χ4v) is 1.06. The average Bonchev–Trinajstić information content (AvgIpc) is 2.15. The maximum atomic E-state index is 8.78. The highest BCUT2D eigenvalue weighted by atomic mass is 16.5. The molecular formula is C11H11NO. The smallest absolute Gasteiger partial charge is 0.0997 e. The quantitative estimate of drug-likeness (QED) is 0.644. The Hall–Kier alpha value is -1.75. The second-order valence-electron chi connectivity index (χ2n) is 2.74. The first-order chi connectivity index (χ1) is 6.27. The molecular weight excluding hydrogens is 162 g/mol. The molecule has 0 unspecified atom stereocenters. The number of ether oxygens (including phenoxy) is 1. The summed E-state index contributed by atoms with van der Waals surface area (Å²) in [5.41, 5.74) is 2.69. The van der Waals surface area contributed by atoms with E-state index in [1.807, 2.05) is 25.1 Å². The van der Waals surface area contributed by atoms with Gasteiger partial charge in [-0.15, -0.1) is 0 Å². The highest BCUT2D eigenvalue weighted by Crippen LogP contribution is 2.12. The molecule has 66 valence electrons. The number of benzene rings is 1. The summed E-state index contributed by atoms with van der Waals surface area (Å²) in [7, 11) is 1.58. The fourth-order valence-electron chi connectivity index (χ4n) is 1.06. The minimum Gasteiger partial charge on any atom is -0.504 e. The molecule has 2 nitrogen and oxygen atoms in total. The number of hydrogen-bond acceptors (Lipinski definition) is 2. The number of aryl methyl sites for hydroxylation is 1. The van der Waals surface area contributed by atoms with Gasteiger partial charge in [0.15, 0.2) is 0 Å². The summed E-state index contributed by atoms with van der Waals surface area (Å²) in [6.07, 6.45) is 3.35. The molecule has 0 aliphatic rings. The van der Waals surface area contributed by atoms with Crippen LogP contribution in [-0.2, 0) is 4.74 Å². The monoisotopic (exact) mass is 173 g/mol. The van der Waals surface area contributed by atoms with Crippen LogP contribution in [0.5, 0.6) is 0 Å². The van der Waals surface area contributed by atoms with E-state index in [4.69, 9.17) is 10.00 Å². The molecule has 1 aromatic carbocycles. The molecule has 0 heterocycles. The number of rotatable bonds is 2. The van der Waals surface area contributed by atoms with Crippen molar-refractivity contribution in [3.8, 4) is 6.07 Å². The van der Waals surface area contributed by atoms with E-state index >= 15 is 0 Å². The zero-order chi connectivity index (χ0) is 9.68. The standard InChI is InChI=1S/C11H11NO/c1-9-3-4-11(8-12)10(7-9)5-6-13-2/h3-7H,1-2H3/b6-5+. The van der Waals surface area contributed by atoms with Crippen molar-refractivity contribution in [2.24, 2.45) is 0 Å². The Labute approximate surface area is 78.1 Å². The molecule has 0 saturated carbocycles. The molecule has 0 saturated heterocycles. The molecule has 1 aromatic rings. The van der Waals surface area contributed by atoms with Gasteiger partial charge in [-0.2, -0.15) is 5.26 Å². The van der Waals surface area contributed by atoms with Gasteiger partial charge in [-0.3, -0.25) is 0 Å². The molecule has 1 rings (SSSR count). The molecule has 0 aromatic heterocycles. The molecule has 0 spiro atoms. The van der Waals surface area contributed by atoms with E-state index in [-0.39, 0.29) is 0 Å². The third-order valence-electron chi connectivity index (χ3n) is 1.71. The topological polar surface area (TPSA) is 33.0 Å². The number of nitrogens with zero attached hydrogens (tertiary/aromatic N) is 1. The number of nitriles is 1. The third kappa shape index (κ3) is 2.34. The second-order valence-corrected chi connectivity index (χ2v) is 2.74. The van der Waals surface area contributed by atoms with E-state index in [0.29, 0.717) is 5.56 Å². The molecule has 0 radical (unpaired) electrons. The molecule has 0 atom stereocenters. The molecule has 0 bridgehead atoms. The van der Waals surface area contributed by atoms with Gasteiger partial charge in [0.1, 0.15) is 0 Å². The van der Waals surface area contributed by atoms with Gasteiger partial charge in [-0.25, -0.2) is 0 Å². The lowest BCUT2D eigenvalue weighted by Gasteiger charge is -1.98. The van der Waals surface area contributed by atoms with Crippen LogP contribution in [-0.4, -0.2) is 7.11 Å². The summed E-state index contributed by atoms with van der Waals surface area (Å²) in [4.78, 5) is 0. The summed E-state index contributed by atoms with van der Waals surface area (Å²) in [5.74, 6) is 0. The van der Waals surface area contributed by atoms with Gasteiger partial charge in [0, 0.05) is 0 Å². The Morgan fingerprint density at radius 1 is 1.46 bits per heavy atom. The number of hydrogen-bond donors (Lipinski definition) is 0. The molecule has 0 amide bonds. The minimum absolute atomic E-state index is 0.666. The van der Waals surface area contributed by atoms with Crippen molar-refractivity contribution in [2.45, 2.75) is 6.92 Å².